The van der Waals surface area contributed by atoms with Crippen molar-refractivity contribution in [3.8, 4) is 0 Å². The van der Waals surface area contributed by atoms with E-state index in [-0.39, 0.29) is 11.2 Å². The lowest BCUT2D eigenvalue weighted by Crippen LogP contribution is -2.36. The molecule has 6 heteroatoms. The molecule has 0 amide bonds. The normalized spacial score (nSPS) is 11.6. The van der Waals surface area contributed by atoms with Crippen molar-refractivity contribution in [1.82, 2.24) is 19.1 Å². The van der Waals surface area contributed by atoms with Crippen molar-refractivity contribution in [3.63, 3.8) is 0 Å². The van der Waals surface area contributed by atoms with E-state index in [4.69, 9.17) is 0 Å². The Bertz CT molecular complexity index is 675. The molecule has 0 bridgehead atoms. The first-order chi connectivity index (χ1) is 7.91. The maximum atomic E-state index is 11.9. The zero-order valence-electron chi connectivity index (χ0n) is 10.4. The van der Waals surface area contributed by atoms with Crippen LogP contribution in [0.4, 0.5) is 0 Å². The summed E-state index contributed by atoms with van der Waals surface area (Å²) >= 11 is 0. The highest BCUT2D eigenvalue weighted by molar-refractivity contribution is 5.69. The van der Waals surface area contributed by atoms with Gasteiger partial charge in [-0.3, -0.25) is 13.9 Å². The number of fused-ring (bicyclic) bond motifs is 1. The molecule has 1 N–H and O–H groups in total. The molecule has 0 spiro atoms. The molecule has 2 heterocycles. The average molecular weight is 236 g/mol. The van der Waals surface area contributed by atoms with Crippen LogP contribution in [0.15, 0.2) is 9.59 Å². The molecule has 0 saturated carbocycles. The summed E-state index contributed by atoms with van der Waals surface area (Å²) in [5.41, 5.74) is 0.134. The van der Waals surface area contributed by atoms with E-state index in [2.05, 4.69) is 23.8 Å². The quantitative estimate of drug-likeness (QED) is 0.807. The number of hydrogen-bond acceptors (Lipinski definition) is 3. The summed E-state index contributed by atoms with van der Waals surface area (Å²) in [6.07, 6.45) is 0.756. The predicted molar refractivity (Wildman–Crippen MR) is 65.1 cm³/mol. The molecule has 0 aliphatic carbocycles. The lowest BCUT2D eigenvalue weighted by Gasteiger charge is -2.00. The maximum absolute atomic E-state index is 11.9. The number of nitrogens with zero attached hydrogens (tertiary/aromatic N) is 3. The van der Waals surface area contributed by atoms with Crippen molar-refractivity contribution in [2.24, 2.45) is 20.0 Å². The Morgan fingerprint density at radius 1 is 1.24 bits per heavy atom. The van der Waals surface area contributed by atoms with Crippen LogP contribution in [0.2, 0.25) is 0 Å². The summed E-state index contributed by atoms with van der Waals surface area (Å²) in [6, 6.07) is 0. The topological polar surface area (TPSA) is 72.7 Å². The van der Waals surface area contributed by atoms with Crippen molar-refractivity contribution in [2.75, 3.05) is 0 Å². The fourth-order valence-electron chi connectivity index (χ4n) is 1.86. The van der Waals surface area contributed by atoms with Crippen LogP contribution in [0.3, 0.4) is 0 Å². The molecule has 0 aliphatic rings. The molecular weight excluding hydrogens is 220 g/mol. The monoisotopic (exact) mass is 236 g/mol. The Morgan fingerprint density at radius 3 is 2.47 bits per heavy atom. The Kier molecular flexibility index (Phi) is 2.65. The Labute approximate surface area is 97.9 Å². The summed E-state index contributed by atoms with van der Waals surface area (Å²) in [7, 11) is 3.08. The van der Waals surface area contributed by atoms with Gasteiger partial charge in [0.1, 0.15) is 11.3 Å². The number of aromatic nitrogens is 4. The number of H-pyrrole nitrogens is 1. The molecule has 0 atom stereocenters. The zero-order chi connectivity index (χ0) is 12.7. The summed E-state index contributed by atoms with van der Waals surface area (Å²) < 4.78 is 2.47. The second-order valence-corrected chi connectivity index (χ2v) is 4.69. The Hall–Kier alpha value is -1.85. The van der Waals surface area contributed by atoms with Gasteiger partial charge >= 0.3 is 5.69 Å². The Morgan fingerprint density at radius 2 is 1.88 bits per heavy atom. The van der Waals surface area contributed by atoms with Gasteiger partial charge in [0.2, 0.25) is 0 Å². The van der Waals surface area contributed by atoms with Gasteiger partial charge in [-0.1, -0.05) is 13.8 Å². The number of aryl methyl sites for hydroxylation is 1. The van der Waals surface area contributed by atoms with Crippen LogP contribution >= 0.6 is 0 Å². The van der Waals surface area contributed by atoms with Crippen molar-refractivity contribution >= 4 is 11.2 Å². The van der Waals surface area contributed by atoms with Crippen LogP contribution < -0.4 is 11.2 Å². The van der Waals surface area contributed by atoms with Crippen LogP contribution in [0.25, 0.3) is 11.2 Å². The highest BCUT2D eigenvalue weighted by Crippen LogP contribution is 2.08. The van der Waals surface area contributed by atoms with Gasteiger partial charge in [0.05, 0.1) is 0 Å². The third-order valence-electron chi connectivity index (χ3n) is 2.75. The molecule has 0 radical (unpaired) electrons. The molecule has 2 aromatic rings. The smallest absolute Gasteiger partial charge is 0.332 e. The number of nitrogens with one attached hydrogen (secondary N) is 1. The van der Waals surface area contributed by atoms with Crippen molar-refractivity contribution in [3.05, 3.63) is 26.7 Å². The molecule has 17 heavy (non-hydrogen) atoms. The van der Waals surface area contributed by atoms with E-state index >= 15 is 0 Å². The first-order valence-electron chi connectivity index (χ1n) is 5.56. The van der Waals surface area contributed by atoms with E-state index in [0.717, 1.165) is 16.8 Å². The number of aromatic amines is 1. The molecule has 6 nitrogen and oxygen atoms in total. The molecule has 0 saturated heterocycles. The van der Waals surface area contributed by atoms with E-state index in [1.165, 1.54) is 11.6 Å². The summed E-state index contributed by atoms with van der Waals surface area (Å²) in [4.78, 5) is 30.9. The van der Waals surface area contributed by atoms with Crippen molar-refractivity contribution < 1.29 is 0 Å². The van der Waals surface area contributed by atoms with Crippen LogP contribution in [-0.2, 0) is 20.5 Å². The molecule has 2 rings (SSSR count). The van der Waals surface area contributed by atoms with Crippen LogP contribution in [-0.4, -0.2) is 19.1 Å². The standard InChI is InChI=1S/C11H16N4O2/c1-6(2)5-7-12-8-9(13-7)14(3)11(17)15(4)10(8)16/h6H,5H2,1-4H3,(H,12,13). The van der Waals surface area contributed by atoms with Gasteiger partial charge in [-0.15, -0.1) is 0 Å². The zero-order valence-corrected chi connectivity index (χ0v) is 10.4. The summed E-state index contributed by atoms with van der Waals surface area (Å²) in [5.74, 6) is 1.18. The largest absolute Gasteiger partial charge is 0.336 e. The highest BCUT2D eigenvalue weighted by Gasteiger charge is 2.13. The SMILES string of the molecule is CC(C)Cc1nc2c([nH]1)c(=O)n(C)c(=O)n2C. The lowest BCUT2D eigenvalue weighted by molar-refractivity contribution is 0.626. The summed E-state index contributed by atoms with van der Waals surface area (Å²) in [5, 5.41) is 0. The average Bonchev–Trinajstić information content (AvgIpc) is 2.66. The fourth-order valence-corrected chi connectivity index (χ4v) is 1.86. The maximum Gasteiger partial charge on any atom is 0.332 e. The van der Waals surface area contributed by atoms with Crippen LogP contribution in [0, 0.1) is 5.92 Å². The second-order valence-electron chi connectivity index (χ2n) is 4.69. The van der Waals surface area contributed by atoms with E-state index in [1.807, 2.05) is 0 Å². The molecule has 92 valence electrons. The van der Waals surface area contributed by atoms with Crippen molar-refractivity contribution in [1.29, 1.82) is 0 Å². The minimum Gasteiger partial charge on any atom is -0.336 e. The molecule has 0 aliphatic heterocycles. The van der Waals surface area contributed by atoms with Gasteiger partial charge in [-0.05, 0) is 5.92 Å². The molecular formula is C11H16N4O2. The van der Waals surface area contributed by atoms with Crippen LogP contribution in [0.1, 0.15) is 19.7 Å². The lowest BCUT2D eigenvalue weighted by atomic mass is 10.1. The van der Waals surface area contributed by atoms with E-state index in [9.17, 15) is 9.59 Å². The highest BCUT2D eigenvalue weighted by atomic mass is 16.2. The minimum atomic E-state index is -0.356. The third kappa shape index (κ3) is 1.79. The van der Waals surface area contributed by atoms with Gasteiger partial charge in [0, 0.05) is 20.5 Å². The van der Waals surface area contributed by atoms with Crippen molar-refractivity contribution in [2.45, 2.75) is 20.3 Å². The summed E-state index contributed by atoms with van der Waals surface area (Å²) in [6.45, 7) is 4.15. The number of rotatable bonds is 2. The predicted octanol–water partition coefficient (Wildman–Crippen LogP) is 0.159. The number of hydrogen-bond donors (Lipinski definition) is 1. The van der Waals surface area contributed by atoms with Crippen LogP contribution in [0.5, 0.6) is 0 Å². The first kappa shape index (κ1) is 11.6. The minimum absolute atomic E-state index is 0.328. The van der Waals surface area contributed by atoms with Gasteiger partial charge in [0.25, 0.3) is 5.56 Å². The first-order valence-corrected chi connectivity index (χ1v) is 5.56. The van der Waals surface area contributed by atoms with Gasteiger partial charge in [0.15, 0.2) is 5.65 Å². The van der Waals surface area contributed by atoms with Gasteiger partial charge < -0.3 is 4.98 Å². The number of imidazole rings is 1. The molecule has 2 aromatic heterocycles. The van der Waals surface area contributed by atoms with Gasteiger partial charge in [-0.25, -0.2) is 9.78 Å². The molecule has 0 aromatic carbocycles. The van der Waals surface area contributed by atoms with E-state index in [0.29, 0.717) is 17.1 Å². The molecule has 0 unspecified atom stereocenters. The fraction of sp³-hybridized carbons (Fsp3) is 0.545. The van der Waals surface area contributed by atoms with E-state index < -0.39 is 0 Å². The Balaban J connectivity index is 2.77. The third-order valence-corrected chi connectivity index (χ3v) is 2.75. The second kappa shape index (κ2) is 3.87. The van der Waals surface area contributed by atoms with E-state index in [1.54, 1.807) is 7.05 Å². The molecule has 0 fully saturated rings. The van der Waals surface area contributed by atoms with Gasteiger partial charge in [-0.2, -0.15) is 0 Å².